The van der Waals surface area contributed by atoms with Crippen LogP contribution in [0.25, 0.3) is 0 Å². The van der Waals surface area contributed by atoms with Gasteiger partial charge in [-0.15, -0.1) is 0 Å². The van der Waals surface area contributed by atoms with Gasteiger partial charge in [0, 0.05) is 32.0 Å². The van der Waals surface area contributed by atoms with Gasteiger partial charge in [0.05, 0.1) is 17.3 Å². The standard InChI is InChI=1S/C19H24N6O/c1-24-17(6-7-23-24)18-13(3-2-8-25(18)16-4-5-16)11-22-19(26)14-9-15(10-20)21-12-14/h6-7,9,12-13,16,18,21H,2-5,8,11H2,1H3,(H,22,26)/t13-,18+/m0/s1. The highest BCUT2D eigenvalue weighted by Crippen LogP contribution is 2.42. The Morgan fingerprint density at radius 1 is 1.46 bits per heavy atom. The minimum absolute atomic E-state index is 0.130. The molecule has 26 heavy (non-hydrogen) atoms. The molecule has 7 nitrogen and oxygen atoms in total. The number of H-pyrrole nitrogens is 1. The summed E-state index contributed by atoms with van der Waals surface area (Å²) in [6.45, 7) is 1.75. The van der Waals surface area contributed by atoms with Gasteiger partial charge >= 0.3 is 0 Å². The number of nitrogens with one attached hydrogen (secondary N) is 2. The Hall–Kier alpha value is -2.59. The van der Waals surface area contributed by atoms with Gasteiger partial charge in [0.1, 0.15) is 11.8 Å². The molecule has 2 aliphatic rings. The molecule has 0 spiro atoms. The molecule has 2 aromatic heterocycles. The molecule has 4 rings (SSSR count). The van der Waals surface area contributed by atoms with E-state index in [4.69, 9.17) is 5.26 Å². The number of aromatic amines is 1. The van der Waals surface area contributed by atoms with Gasteiger partial charge in [0.25, 0.3) is 5.91 Å². The van der Waals surface area contributed by atoms with Crippen molar-refractivity contribution in [3.8, 4) is 6.07 Å². The minimum Gasteiger partial charge on any atom is -0.352 e. The summed E-state index contributed by atoms with van der Waals surface area (Å²) >= 11 is 0. The lowest BCUT2D eigenvalue weighted by Gasteiger charge is -2.41. The second kappa shape index (κ2) is 6.96. The highest BCUT2D eigenvalue weighted by molar-refractivity contribution is 5.94. The predicted molar refractivity (Wildman–Crippen MR) is 96.2 cm³/mol. The predicted octanol–water partition coefficient (Wildman–Crippen LogP) is 1.97. The summed E-state index contributed by atoms with van der Waals surface area (Å²) in [7, 11) is 1.99. The Balaban J connectivity index is 1.49. The van der Waals surface area contributed by atoms with Crippen LogP contribution < -0.4 is 5.32 Å². The van der Waals surface area contributed by atoms with Gasteiger partial charge in [0.15, 0.2) is 0 Å². The molecule has 2 fully saturated rings. The first kappa shape index (κ1) is 16.9. The lowest BCUT2D eigenvalue weighted by molar-refractivity contribution is 0.0727. The fourth-order valence-electron chi connectivity index (χ4n) is 4.13. The quantitative estimate of drug-likeness (QED) is 0.861. The lowest BCUT2D eigenvalue weighted by atomic mass is 9.86. The molecule has 0 radical (unpaired) electrons. The zero-order valence-electron chi connectivity index (χ0n) is 15.0. The van der Waals surface area contributed by atoms with Crippen molar-refractivity contribution in [3.63, 3.8) is 0 Å². The summed E-state index contributed by atoms with van der Waals surface area (Å²) in [6, 6.07) is 6.68. The molecule has 7 heteroatoms. The maximum atomic E-state index is 12.4. The van der Waals surface area contributed by atoms with Crippen LogP contribution in [0.3, 0.4) is 0 Å². The van der Waals surface area contributed by atoms with Gasteiger partial charge in [-0.1, -0.05) is 0 Å². The normalized spacial score (nSPS) is 23.5. The van der Waals surface area contributed by atoms with E-state index in [0.717, 1.165) is 19.4 Å². The summed E-state index contributed by atoms with van der Waals surface area (Å²) in [4.78, 5) is 17.8. The summed E-state index contributed by atoms with van der Waals surface area (Å²) in [6.07, 6.45) is 8.24. The van der Waals surface area contributed by atoms with Crippen LogP contribution in [0.15, 0.2) is 24.5 Å². The number of aromatic nitrogens is 3. The zero-order valence-corrected chi connectivity index (χ0v) is 15.0. The molecule has 2 N–H and O–H groups in total. The third-order valence-electron chi connectivity index (χ3n) is 5.56. The smallest absolute Gasteiger partial charge is 0.252 e. The summed E-state index contributed by atoms with van der Waals surface area (Å²) in [5.41, 5.74) is 2.14. The van der Waals surface area contributed by atoms with Gasteiger partial charge in [-0.2, -0.15) is 10.4 Å². The Morgan fingerprint density at radius 2 is 2.31 bits per heavy atom. The summed E-state index contributed by atoms with van der Waals surface area (Å²) in [5.74, 6) is 0.230. The maximum Gasteiger partial charge on any atom is 0.252 e. The van der Waals surface area contributed by atoms with E-state index in [1.165, 1.54) is 18.5 Å². The summed E-state index contributed by atoms with van der Waals surface area (Å²) in [5, 5.41) is 16.3. The molecule has 136 valence electrons. The van der Waals surface area contributed by atoms with Crippen LogP contribution in [0.2, 0.25) is 0 Å². The van der Waals surface area contributed by atoms with Crippen molar-refractivity contribution >= 4 is 5.91 Å². The van der Waals surface area contributed by atoms with Gasteiger partial charge in [0.2, 0.25) is 0 Å². The van der Waals surface area contributed by atoms with Crippen LogP contribution in [0.5, 0.6) is 0 Å². The number of aryl methyl sites for hydroxylation is 1. The molecule has 1 aliphatic carbocycles. The molecule has 2 aromatic rings. The van der Waals surface area contributed by atoms with Crippen LogP contribution in [0.1, 0.15) is 53.5 Å². The van der Waals surface area contributed by atoms with E-state index in [2.05, 4.69) is 26.4 Å². The molecule has 1 saturated heterocycles. The van der Waals surface area contributed by atoms with Gasteiger partial charge in [-0.05, 0) is 50.3 Å². The van der Waals surface area contributed by atoms with E-state index in [1.54, 1.807) is 12.3 Å². The average molecular weight is 352 g/mol. The highest BCUT2D eigenvalue weighted by atomic mass is 16.1. The first-order valence-corrected chi connectivity index (χ1v) is 9.27. The molecule has 0 unspecified atom stereocenters. The van der Waals surface area contributed by atoms with Crippen LogP contribution in [-0.2, 0) is 7.05 Å². The van der Waals surface area contributed by atoms with Crippen LogP contribution in [0, 0.1) is 17.2 Å². The number of amides is 1. The SMILES string of the molecule is Cn1nccc1[C@H]1[C@H](CNC(=O)c2c[nH]c(C#N)c2)CCCN1C1CC1. The number of hydrogen-bond acceptors (Lipinski definition) is 4. The first-order valence-electron chi connectivity index (χ1n) is 9.27. The highest BCUT2D eigenvalue weighted by Gasteiger charge is 2.41. The molecule has 0 aromatic carbocycles. The van der Waals surface area contributed by atoms with Crippen LogP contribution in [0.4, 0.5) is 0 Å². The Kier molecular flexibility index (Phi) is 4.51. The Morgan fingerprint density at radius 3 is 2.96 bits per heavy atom. The lowest BCUT2D eigenvalue weighted by Crippen LogP contribution is -2.45. The van der Waals surface area contributed by atoms with Crippen LogP contribution in [-0.4, -0.2) is 44.7 Å². The fraction of sp³-hybridized carbons (Fsp3) is 0.526. The van der Waals surface area contributed by atoms with Gasteiger partial charge in [-0.3, -0.25) is 14.4 Å². The molecule has 3 heterocycles. The van der Waals surface area contributed by atoms with E-state index in [9.17, 15) is 4.79 Å². The number of nitriles is 1. The van der Waals surface area contributed by atoms with E-state index < -0.39 is 0 Å². The molecular formula is C19H24N6O. The Bertz CT molecular complexity index is 827. The number of carbonyl (C=O) groups is 1. The largest absolute Gasteiger partial charge is 0.352 e. The van der Waals surface area contributed by atoms with Crippen molar-refractivity contribution in [2.45, 2.75) is 37.8 Å². The number of nitrogens with zero attached hydrogens (tertiary/aromatic N) is 4. The molecule has 1 aliphatic heterocycles. The maximum absolute atomic E-state index is 12.4. The van der Waals surface area contributed by atoms with E-state index in [-0.39, 0.29) is 5.91 Å². The third-order valence-corrected chi connectivity index (χ3v) is 5.56. The van der Waals surface area contributed by atoms with E-state index in [1.807, 2.05) is 24.0 Å². The van der Waals surface area contributed by atoms with Crippen molar-refractivity contribution in [3.05, 3.63) is 41.5 Å². The van der Waals surface area contributed by atoms with Crippen molar-refractivity contribution in [2.75, 3.05) is 13.1 Å². The number of hydrogen-bond donors (Lipinski definition) is 2. The second-order valence-electron chi connectivity index (χ2n) is 7.32. The molecule has 2 atom stereocenters. The van der Waals surface area contributed by atoms with Crippen molar-refractivity contribution in [1.82, 2.24) is 25.0 Å². The molecule has 0 bridgehead atoms. The van der Waals surface area contributed by atoms with Gasteiger partial charge in [-0.25, -0.2) is 0 Å². The fourth-order valence-corrected chi connectivity index (χ4v) is 4.13. The Labute approximate surface area is 153 Å². The zero-order chi connectivity index (χ0) is 18.1. The number of likely N-dealkylation sites (tertiary alicyclic amines) is 1. The number of carbonyl (C=O) groups excluding carboxylic acids is 1. The van der Waals surface area contributed by atoms with Crippen molar-refractivity contribution < 1.29 is 4.79 Å². The average Bonchev–Trinajstić information content (AvgIpc) is 3.23. The van der Waals surface area contributed by atoms with E-state index >= 15 is 0 Å². The number of rotatable bonds is 5. The topological polar surface area (TPSA) is 89.7 Å². The van der Waals surface area contributed by atoms with E-state index in [0.29, 0.717) is 35.8 Å². The second-order valence-corrected chi connectivity index (χ2v) is 7.32. The first-order chi connectivity index (χ1) is 12.7. The number of piperidine rings is 1. The third kappa shape index (κ3) is 3.25. The monoisotopic (exact) mass is 352 g/mol. The minimum atomic E-state index is -0.130. The van der Waals surface area contributed by atoms with Crippen molar-refractivity contribution in [2.24, 2.45) is 13.0 Å². The molecule has 1 saturated carbocycles. The van der Waals surface area contributed by atoms with Gasteiger partial charge < -0.3 is 10.3 Å². The molecular weight excluding hydrogens is 328 g/mol. The summed E-state index contributed by atoms with van der Waals surface area (Å²) < 4.78 is 1.96. The van der Waals surface area contributed by atoms with Crippen molar-refractivity contribution in [1.29, 1.82) is 5.26 Å². The molecule has 1 amide bonds. The van der Waals surface area contributed by atoms with Crippen LogP contribution >= 0.6 is 0 Å².